The van der Waals surface area contributed by atoms with E-state index in [0.29, 0.717) is 39.9 Å². The van der Waals surface area contributed by atoms with Gasteiger partial charge in [-0.15, -0.1) is 0 Å². The number of hydrogen-bond acceptors (Lipinski definition) is 10. The largest absolute Gasteiger partial charge is 0.493 e. The van der Waals surface area contributed by atoms with Gasteiger partial charge in [-0.05, 0) is 35.9 Å². The number of anilines is 2. The van der Waals surface area contributed by atoms with Crippen LogP contribution in [0.15, 0.2) is 79.5 Å². The smallest absolute Gasteiger partial charge is 0.311 e. The monoisotopic (exact) mass is 589 g/mol. The predicted molar refractivity (Wildman–Crippen MR) is 163 cm³/mol. The molecule has 0 bridgehead atoms. The van der Waals surface area contributed by atoms with Crippen molar-refractivity contribution in [2.75, 3.05) is 45.7 Å². The Kier molecular flexibility index (Phi) is 11.3. The van der Waals surface area contributed by atoms with Crippen molar-refractivity contribution in [3.8, 4) is 28.7 Å². The highest BCUT2D eigenvalue weighted by molar-refractivity contribution is 6.05. The molecule has 2 N–H and O–H groups in total. The lowest BCUT2D eigenvalue weighted by Gasteiger charge is -2.14. The van der Waals surface area contributed by atoms with Crippen molar-refractivity contribution in [3.63, 3.8) is 0 Å². The Balaban J connectivity index is 1.73. The van der Waals surface area contributed by atoms with E-state index in [2.05, 4.69) is 17.2 Å². The lowest BCUT2D eigenvalue weighted by atomic mass is 10.1. The number of carbonyl (C=O) groups excluding carboxylic acids is 2. The van der Waals surface area contributed by atoms with Crippen LogP contribution in [0.4, 0.5) is 17.1 Å². The SMILES string of the molecule is C=CCOc1cc(/C=C/C(=O)Nc2cc(OC)c(OC)c(OC)c2)ccc1N/C=C\C(=O)c1ccc(OC)c([N+](=O)[O-])c1. The lowest BCUT2D eigenvalue weighted by Crippen LogP contribution is -2.08. The van der Waals surface area contributed by atoms with Crippen molar-refractivity contribution in [1.82, 2.24) is 0 Å². The quantitative estimate of drug-likeness (QED) is 0.0749. The molecule has 0 aliphatic heterocycles. The van der Waals surface area contributed by atoms with Crippen LogP contribution < -0.4 is 34.3 Å². The second-order valence-corrected chi connectivity index (χ2v) is 8.58. The molecule has 0 aliphatic carbocycles. The van der Waals surface area contributed by atoms with Gasteiger partial charge in [0.1, 0.15) is 12.4 Å². The van der Waals surface area contributed by atoms with Crippen LogP contribution in [0, 0.1) is 10.1 Å². The summed E-state index contributed by atoms with van der Waals surface area (Å²) in [6.45, 7) is 3.87. The summed E-state index contributed by atoms with van der Waals surface area (Å²) in [7, 11) is 5.77. The molecule has 3 aromatic carbocycles. The maximum absolute atomic E-state index is 12.6. The van der Waals surface area contributed by atoms with Crippen LogP contribution in [-0.4, -0.2) is 51.7 Å². The third-order valence-electron chi connectivity index (χ3n) is 5.86. The average molecular weight is 590 g/mol. The number of rotatable bonds is 15. The van der Waals surface area contributed by atoms with Crippen molar-refractivity contribution in [1.29, 1.82) is 0 Å². The van der Waals surface area contributed by atoms with E-state index in [9.17, 15) is 19.7 Å². The maximum Gasteiger partial charge on any atom is 0.311 e. The fourth-order valence-electron chi connectivity index (χ4n) is 3.83. The minimum absolute atomic E-state index is 0.0560. The number of hydrogen-bond donors (Lipinski definition) is 2. The van der Waals surface area contributed by atoms with Gasteiger partial charge in [0.25, 0.3) is 0 Å². The standard InChI is InChI=1S/C31H31N3O9/c1-6-15-43-27-16-20(8-12-30(36)33-22-18-28(40-3)31(42-5)29(19-22)41-4)7-10-23(27)32-14-13-25(35)21-9-11-26(39-2)24(17-21)34(37)38/h6-14,16-19,32H,1,15H2,2-5H3,(H,33,36)/b12-8+,14-13-. The number of ether oxygens (including phenoxy) is 5. The van der Waals surface area contributed by atoms with E-state index in [4.69, 9.17) is 23.7 Å². The lowest BCUT2D eigenvalue weighted by molar-refractivity contribution is -0.385. The van der Waals surface area contributed by atoms with E-state index in [-0.39, 0.29) is 23.6 Å². The highest BCUT2D eigenvalue weighted by atomic mass is 16.6. The molecule has 0 aliphatic rings. The van der Waals surface area contributed by atoms with Gasteiger partial charge in [-0.1, -0.05) is 18.7 Å². The molecule has 0 saturated heterocycles. The van der Waals surface area contributed by atoms with E-state index in [0.717, 1.165) is 6.07 Å². The summed E-state index contributed by atoms with van der Waals surface area (Å²) in [5, 5.41) is 17.0. The van der Waals surface area contributed by atoms with Crippen molar-refractivity contribution in [2.45, 2.75) is 0 Å². The number of methoxy groups -OCH3 is 4. The molecule has 0 saturated carbocycles. The molecule has 0 fully saturated rings. The molecule has 0 aromatic heterocycles. The van der Waals surface area contributed by atoms with Gasteiger partial charge in [0.05, 0.1) is 39.0 Å². The van der Waals surface area contributed by atoms with Crippen LogP contribution in [0.5, 0.6) is 28.7 Å². The summed E-state index contributed by atoms with van der Waals surface area (Å²) in [6.07, 6.45) is 7.18. The van der Waals surface area contributed by atoms with Crippen molar-refractivity contribution >= 4 is 34.8 Å². The molecular weight excluding hydrogens is 558 g/mol. The molecule has 0 unspecified atom stereocenters. The molecule has 224 valence electrons. The van der Waals surface area contributed by atoms with E-state index >= 15 is 0 Å². The van der Waals surface area contributed by atoms with E-state index in [1.165, 1.54) is 58.9 Å². The van der Waals surface area contributed by atoms with Gasteiger partial charge in [-0.2, -0.15) is 0 Å². The molecule has 1 amide bonds. The van der Waals surface area contributed by atoms with Crippen molar-refractivity contribution in [3.05, 3.63) is 101 Å². The fourth-order valence-corrected chi connectivity index (χ4v) is 3.83. The number of nitro benzene ring substituents is 1. The fraction of sp³-hybridized carbons (Fsp3) is 0.161. The molecule has 0 atom stereocenters. The Morgan fingerprint density at radius 1 is 0.884 bits per heavy atom. The molecule has 0 radical (unpaired) electrons. The third kappa shape index (κ3) is 8.36. The summed E-state index contributed by atoms with van der Waals surface area (Å²) < 4.78 is 26.7. The number of nitro groups is 1. The van der Waals surface area contributed by atoms with Gasteiger partial charge in [-0.25, -0.2) is 0 Å². The highest BCUT2D eigenvalue weighted by Crippen LogP contribution is 2.40. The molecule has 12 heteroatoms. The number of allylic oxidation sites excluding steroid dienone is 1. The van der Waals surface area contributed by atoms with E-state index < -0.39 is 16.6 Å². The minimum Gasteiger partial charge on any atom is -0.493 e. The Labute approximate surface area is 248 Å². The predicted octanol–water partition coefficient (Wildman–Crippen LogP) is 5.65. The second-order valence-electron chi connectivity index (χ2n) is 8.58. The third-order valence-corrected chi connectivity index (χ3v) is 5.86. The first-order valence-electron chi connectivity index (χ1n) is 12.7. The van der Waals surface area contributed by atoms with Crippen LogP contribution in [0.25, 0.3) is 6.08 Å². The number of benzene rings is 3. The first-order chi connectivity index (χ1) is 20.7. The van der Waals surface area contributed by atoms with Crippen LogP contribution in [0.2, 0.25) is 0 Å². The Bertz CT molecular complexity index is 1540. The molecule has 0 spiro atoms. The molecule has 3 aromatic rings. The topological polar surface area (TPSA) is 147 Å². The zero-order valence-electron chi connectivity index (χ0n) is 24.0. The summed E-state index contributed by atoms with van der Waals surface area (Å²) in [6, 6.07) is 12.4. The first kappa shape index (κ1) is 31.7. The summed E-state index contributed by atoms with van der Waals surface area (Å²) in [5.41, 5.74) is 1.46. The zero-order chi connectivity index (χ0) is 31.4. The van der Waals surface area contributed by atoms with Gasteiger partial charge in [0, 0.05) is 47.8 Å². The van der Waals surface area contributed by atoms with Gasteiger partial charge in [0.2, 0.25) is 11.7 Å². The molecule has 0 heterocycles. The number of ketones is 1. The Morgan fingerprint density at radius 2 is 1.58 bits per heavy atom. The van der Waals surface area contributed by atoms with Gasteiger partial charge >= 0.3 is 5.69 Å². The number of amides is 1. The summed E-state index contributed by atoms with van der Waals surface area (Å²) in [4.78, 5) is 35.9. The van der Waals surface area contributed by atoms with Crippen LogP contribution in [0.3, 0.4) is 0 Å². The Hall–Kier alpha value is -5.78. The van der Waals surface area contributed by atoms with E-state index in [1.807, 2.05) is 0 Å². The van der Waals surface area contributed by atoms with Gasteiger partial charge < -0.3 is 34.3 Å². The molecule has 3 rings (SSSR count). The van der Waals surface area contributed by atoms with Gasteiger partial charge in [-0.3, -0.25) is 19.7 Å². The number of nitrogens with zero attached hydrogens (tertiary/aromatic N) is 1. The highest BCUT2D eigenvalue weighted by Gasteiger charge is 2.17. The first-order valence-corrected chi connectivity index (χ1v) is 12.7. The summed E-state index contributed by atoms with van der Waals surface area (Å²) in [5.74, 6) is 0.839. The van der Waals surface area contributed by atoms with Crippen molar-refractivity contribution < 1.29 is 38.2 Å². The minimum atomic E-state index is -0.617. The van der Waals surface area contributed by atoms with Crippen LogP contribution in [-0.2, 0) is 4.79 Å². The van der Waals surface area contributed by atoms with Gasteiger partial charge in [0.15, 0.2) is 23.0 Å². The second kappa shape index (κ2) is 15.3. The average Bonchev–Trinajstić information content (AvgIpc) is 3.02. The molecule has 43 heavy (non-hydrogen) atoms. The molecular formula is C31H31N3O9. The van der Waals surface area contributed by atoms with Crippen LogP contribution in [0.1, 0.15) is 15.9 Å². The zero-order valence-corrected chi connectivity index (χ0v) is 24.0. The van der Waals surface area contributed by atoms with Crippen molar-refractivity contribution in [2.24, 2.45) is 0 Å². The summed E-state index contributed by atoms with van der Waals surface area (Å²) >= 11 is 0. The van der Waals surface area contributed by atoms with Crippen LogP contribution >= 0.6 is 0 Å². The maximum atomic E-state index is 12.6. The van der Waals surface area contributed by atoms with E-state index in [1.54, 1.807) is 42.5 Å². The molecule has 12 nitrogen and oxygen atoms in total. The normalized spacial score (nSPS) is 10.7. The number of carbonyl (C=O) groups is 2. The number of nitrogens with one attached hydrogen (secondary N) is 2. The Morgan fingerprint density at radius 3 is 2.19 bits per heavy atom.